The molecule has 3 rings (SSSR count). The van der Waals surface area contributed by atoms with Gasteiger partial charge in [-0.15, -0.1) is 0 Å². The number of rotatable bonds is 5. The van der Waals surface area contributed by atoms with E-state index in [2.05, 4.69) is 10.1 Å². The summed E-state index contributed by atoms with van der Waals surface area (Å²) in [7, 11) is 1.21. The highest BCUT2D eigenvalue weighted by molar-refractivity contribution is 6.53. The number of methoxy groups -OCH3 is 1. The molecular formula is C19H12ClN2O6-. The fourth-order valence-electron chi connectivity index (χ4n) is 2.60. The number of nitrogens with zero attached hydrogens (tertiary/aromatic N) is 1. The van der Waals surface area contributed by atoms with Crippen LogP contribution >= 0.6 is 11.6 Å². The van der Waals surface area contributed by atoms with Gasteiger partial charge in [0.1, 0.15) is 10.7 Å². The Morgan fingerprint density at radius 1 is 1.04 bits per heavy atom. The van der Waals surface area contributed by atoms with E-state index < -0.39 is 23.8 Å². The van der Waals surface area contributed by atoms with Crippen LogP contribution in [-0.4, -0.2) is 30.9 Å². The maximum atomic E-state index is 12.8. The molecule has 1 aliphatic heterocycles. The molecule has 1 aliphatic rings. The molecule has 2 amide bonds. The summed E-state index contributed by atoms with van der Waals surface area (Å²) in [5, 5.41) is 13.3. The summed E-state index contributed by atoms with van der Waals surface area (Å²) in [6.45, 7) is 0. The number of hydrogen-bond donors (Lipinski definition) is 1. The van der Waals surface area contributed by atoms with Gasteiger partial charge in [0.25, 0.3) is 11.8 Å². The number of aromatic carboxylic acids is 1. The number of carboxylic acid groups (broad SMARTS) is 1. The van der Waals surface area contributed by atoms with Gasteiger partial charge in [0.15, 0.2) is 0 Å². The van der Waals surface area contributed by atoms with Crippen LogP contribution < -0.4 is 15.3 Å². The summed E-state index contributed by atoms with van der Waals surface area (Å²) >= 11 is 6.03. The van der Waals surface area contributed by atoms with Crippen LogP contribution in [0.15, 0.2) is 59.3 Å². The first kappa shape index (κ1) is 19.1. The van der Waals surface area contributed by atoms with Crippen LogP contribution in [0.25, 0.3) is 0 Å². The molecule has 2 aromatic carbocycles. The number of benzene rings is 2. The van der Waals surface area contributed by atoms with Crippen LogP contribution in [0.4, 0.5) is 11.4 Å². The predicted molar refractivity (Wildman–Crippen MR) is 97.5 cm³/mol. The lowest BCUT2D eigenvalue weighted by molar-refractivity contribution is -0.255. The molecule has 0 spiro atoms. The number of carbonyl (C=O) groups is 4. The minimum absolute atomic E-state index is 0.110. The number of halogens is 1. The molecule has 9 heteroatoms. The van der Waals surface area contributed by atoms with Crippen LogP contribution in [0, 0.1) is 0 Å². The zero-order valence-corrected chi connectivity index (χ0v) is 15.1. The summed E-state index contributed by atoms with van der Waals surface area (Å²) in [4.78, 5) is 48.7. The van der Waals surface area contributed by atoms with Gasteiger partial charge in [-0.05, 0) is 35.9 Å². The van der Waals surface area contributed by atoms with Crippen LogP contribution in [-0.2, 0) is 14.3 Å². The lowest BCUT2D eigenvalue weighted by atomic mass is 10.2. The monoisotopic (exact) mass is 399 g/mol. The summed E-state index contributed by atoms with van der Waals surface area (Å²) in [6.07, 6.45) is 0. The van der Waals surface area contributed by atoms with E-state index in [9.17, 15) is 24.3 Å². The van der Waals surface area contributed by atoms with E-state index in [4.69, 9.17) is 11.6 Å². The topological polar surface area (TPSA) is 116 Å². The molecule has 1 N–H and O–H groups in total. The zero-order chi connectivity index (χ0) is 20.4. The lowest BCUT2D eigenvalue weighted by Gasteiger charge is -2.16. The fourth-order valence-corrected chi connectivity index (χ4v) is 2.82. The van der Waals surface area contributed by atoms with E-state index >= 15 is 0 Å². The van der Waals surface area contributed by atoms with Gasteiger partial charge in [-0.2, -0.15) is 0 Å². The summed E-state index contributed by atoms with van der Waals surface area (Å²) in [5.41, 5.74) is 0.198. The fraction of sp³-hybridized carbons (Fsp3) is 0.0526. The molecule has 0 saturated carbocycles. The Bertz CT molecular complexity index is 1050. The number of carboxylic acids is 1. The van der Waals surface area contributed by atoms with E-state index in [1.807, 2.05) is 0 Å². The normalized spacial score (nSPS) is 13.7. The molecule has 2 aromatic rings. The molecule has 0 aromatic heterocycles. The second-order valence-electron chi connectivity index (χ2n) is 5.67. The molecule has 0 saturated heterocycles. The van der Waals surface area contributed by atoms with Gasteiger partial charge in [0, 0.05) is 5.69 Å². The Kier molecular flexibility index (Phi) is 5.14. The highest BCUT2D eigenvalue weighted by Gasteiger charge is 2.39. The minimum atomic E-state index is -1.39. The molecule has 0 fully saturated rings. The van der Waals surface area contributed by atoms with Gasteiger partial charge < -0.3 is 20.0 Å². The van der Waals surface area contributed by atoms with E-state index in [0.29, 0.717) is 0 Å². The second kappa shape index (κ2) is 7.53. The molecular weight excluding hydrogens is 388 g/mol. The molecule has 8 nitrogen and oxygen atoms in total. The SMILES string of the molecule is COC(=O)c1cccc(N2C(=O)C(Cl)=C(Nc3cccc(C(=O)[O-])c3)C2=O)c1. The maximum Gasteiger partial charge on any atom is 0.337 e. The van der Waals surface area contributed by atoms with Gasteiger partial charge in [-0.25, -0.2) is 9.69 Å². The lowest BCUT2D eigenvalue weighted by Crippen LogP contribution is -2.32. The molecule has 0 atom stereocenters. The number of esters is 1. The third-order valence-electron chi connectivity index (χ3n) is 3.92. The number of carbonyl (C=O) groups excluding carboxylic acids is 4. The summed E-state index contributed by atoms with van der Waals surface area (Å²) in [6, 6.07) is 11.3. The van der Waals surface area contributed by atoms with E-state index in [1.54, 1.807) is 0 Å². The Labute approximate surface area is 164 Å². The largest absolute Gasteiger partial charge is 0.545 e. The van der Waals surface area contributed by atoms with Crippen molar-refractivity contribution in [1.82, 2.24) is 0 Å². The van der Waals surface area contributed by atoms with Crippen LogP contribution in [0.3, 0.4) is 0 Å². The van der Waals surface area contributed by atoms with Crippen molar-refractivity contribution in [3.63, 3.8) is 0 Å². The van der Waals surface area contributed by atoms with Gasteiger partial charge in [-0.3, -0.25) is 9.59 Å². The Balaban J connectivity index is 1.92. The van der Waals surface area contributed by atoms with Gasteiger partial charge in [0.05, 0.1) is 24.3 Å². The summed E-state index contributed by atoms with van der Waals surface area (Å²) in [5.74, 6) is -3.56. The van der Waals surface area contributed by atoms with Gasteiger partial charge in [0.2, 0.25) is 0 Å². The van der Waals surface area contributed by atoms with Gasteiger partial charge in [-0.1, -0.05) is 29.8 Å². The van der Waals surface area contributed by atoms with Crippen molar-refractivity contribution in [3.8, 4) is 0 Å². The molecule has 0 radical (unpaired) electrons. The second-order valence-corrected chi connectivity index (χ2v) is 6.05. The Morgan fingerprint density at radius 3 is 2.39 bits per heavy atom. The molecule has 0 bridgehead atoms. The third kappa shape index (κ3) is 3.45. The first-order valence-electron chi connectivity index (χ1n) is 7.89. The van der Waals surface area contributed by atoms with Gasteiger partial charge >= 0.3 is 5.97 Å². The van der Waals surface area contributed by atoms with E-state index in [-0.39, 0.29) is 33.2 Å². The minimum Gasteiger partial charge on any atom is -0.545 e. The summed E-state index contributed by atoms with van der Waals surface area (Å²) < 4.78 is 4.63. The predicted octanol–water partition coefficient (Wildman–Crippen LogP) is 1.27. The zero-order valence-electron chi connectivity index (χ0n) is 14.4. The number of ether oxygens (including phenoxy) is 1. The first-order chi connectivity index (χ1) is 13.3. The van der Waals surface area contributed by atoms with Crippen molar-refractivity contribution in [3.05, 3.63) is 70.4 Å². The quantitative estimate of drug-likeness (QED) is 0.594. The van der Waals surface area contributed by atoms with Crippen molar-refractivity contribution < 1.29 is 29.0 Å². The Hall–Kier alpha value is -3.65. The standard InChI is InChI=1S/C19H13ClN2O6/c1-28-19(27)11-5-3-7-13(9-11)22-16(23)14(20)15(17(22)24)21-12-6-2-4-10(8-12)18(25)26/h2-9,21H,1H3,(H,25,26)/p-1. The average molecular weight is 400 g/mol. The molecule has 28 heavy (non-hydrogen) atoms. The number of nitrogens with one attached hydrogen (secondary N) is 1. The van der Waals surface area contributed by atoms with Crippen molar-refractivity contribution in [2.45, 2.75) is 0 Å². The van der Waals surface area contributed by atoms with Crippen molar-refractivity contribution in [2.75, 3.05) is 17.3 Å². The highest BCUT2D eigenvalue weighted by Crippen LogP contribution is 2.30. The first-order valence-corrected chi connectivity index (χ1v) is 8.26. The Morgan fingerprint density at radius 2 is 1.71 bits per heavy atom. The van der Waals surface area contributed by atoms with Crippen LogP contribution in [0.2, 0.25) is 0 Å². The van der Waals surface area contributed by atoms with E-state index in [1.165, 1.54) is 55.6 Å². The molecule has 142 valence electrons. The van der Waals surface area contributed by atoms with Crippen molar-refractivity contribution in [1.29, 1.82) is 0 Å². The third-order valence-corrected chi connectivity index (χ3v) is 4.27. The maximum absolute atomic E-state index is 12.8. The molecule has 0 unspecified atom stereocenters. The molecule has 0 aliphatic carbocycles. The average Bonchev–Trinajstić information content (AvgIpc) is 2.91. The van der Waals surface area contributed by atoms with Crippen LogP contribution in [0.1, 0.15) is 20.7 Å². The number of anilines is 2. The number of amides is 2. The van der Waals surface area contributed by atoms with Crippen molar-refractivity contribution >= 4 is 46.7 Å². The number of imide groups is 1. The highest BCUT2D eigenvalue weighted by atomic mass is 35.5. The number of hydrogen-bond acceptors (Lipinski definition) is 7. The molecule has 1 heterocycles. The van der Waals surface area contributed by atoms with Crippen LogP contribution in [0.5, 0.6) is 0 Å². The van der Waals surface area contributed by atoms with E-state index in [0.717, 1.165) is 4.90 Å². The van der Waals surface area contributed by atoms with Crippen molar-refractivity contribution in [2.24, 2.45) is 0 Å². The smallest absolute Gasteiger partial charge is 0.337 e.